The van der Waals surface area contributed by atoms with Gasteiger partial charge in [-0.3, -0.25) is 0 Å². The Bertz CT molecular complexity index is 530. The maximum Gasteiger partial charge on any atom is 0.240 e. The van der Waals surface area contributed by atoms with Crippen LogP contribution in [0.2, 0.25) is 0 Å². The molecule has 1 aromatic carbocycles. The fourth-order valence-electron chi connectivity index (χ4n) is 1.73. The molecule has 0 saturated heterocycles. The van der Waals surface area contributed by atoms with Gasteiger partial charge in [-0.25, -0.2) is 13.1 Å². The highest BCUT2D eigenvalue weighted by molar-refractivity contribution is 7.89. The molecule has 0 aliphatic rings. The highest BCUT2D eigenvalue weighted by atomic mass is 32.2. The van der Waals surface area contributed by atoms with E-state index in [4.69, 9.17) is 14.6 Å². The minimum absolute atomic E-state index is 0.0548. The standard InChI is InChI=1S/C14H23NO5S/c1-3-19-13-8-7-12(11-14(13)20-4-2)21(17,18)15-9-5-6-10-16/h7-8,11,15-16H,3-6,9-10H2,1-2H3. The number of aliphatic hydroxyl groups excluding tert-OH is 1. The lowest BCUT2D eigenvalue weighted by Crippen LogP contribution is -2.25. The average Bonchev–Trinajstić information content (AvgIpc) is 2.46. The van der Waals surface area contributed by atoms with Crippen molar-refractivity contribution in [1.29, 1.82) is 0 Å². The smallest absolute Gasteiger partial charge is 0.240 e. The van der Waals surface area contributed by atoms with Crippen molar-refractivity contribution in [2.45, 2.75) is 31.6 Å². The van der Waals surface area contributed by atoms with Gasteiger partial charge in [0.05, 0.1) is 18.1 Å². The molecule has 0 aliphatic carbocycles. The quantitative estimate of drug-likeness (QED) is 0.639. The molecular formula is C14H23NO5S. The number of nitrogens with one attached hydrogen (secondary N) is 1. The van der Waals surface area contributed by atoms with Crippen molar-refractivity contribution in [3.8, 4) is 11.5 Å². The largest absolute Gasteiger partial charge is 0.490 e. The van der Waals surface area contributed by atoms with E-state index in [2.05, 4.69) is 4.72 Å². The summed E-state index contributed by atoms with van der Waals surface area (Å²) in [6.45, 7) is 4.92. The third-order valence-corrected chi connectivity index (χ3v) is 4.16. The Balaban J connectivity index is 2.88. The summed E-state index contributed by atoms with van der Waals surface area (Å²) in [7, 11) is -3.58. The van der Waals surface area contributed by atoms with E-state index in [1.54, 1.807) is 6.07 Å². The number of aliphatic hydroxyl groups is 1. The van der Waals surface area contributed by atoms with Crippen molar-refractivity contribution >= 4 is 10.0 Å². The molecule has 1 aromatic rings. The molecule has 0 fully saturated rings. The highest BCUT2D eigenvalue weighted by Gasteiger charge is 2.16. The minimum atomic E-state index is -3.58. The van der Waals surface area contributed by atoms with Crippen LogP contribution in [0, 0.1) is 0 Å². The Labute approximate surface area is 126 Å². The molecule has 0 amide bonds. The zero-order valence-corrected chi connectivity index (χ0v) is 13.3. The van der Waals surface area contributed by atoms with E-state index in [9.17, 15) is 8.42 Å². The van der Waals surface area contributed by atoms with E-state index in [0.29, 0.717) is 44.1 Å². The van der Waals surface area contributed by atoms with Crippen LogP contribution in [0.25, 0.3) is 0 Å². The van der Waals surface area contributed by atoms with Crippen LogP contribution in [0.3, 0.4) is 0 Å². The second-order valence-corrected chi connectivity index (χ2v) is 6.07. The Morgan fingerprint density at radius 3 is 2.38 bits per heavy atom. The van der Waals surface area contributed by atoms with Crippen molar-refractivity contribution in [1.82, 2.24) is 4.72 Å². The first-order valence-corrected chi connectivity index (χ1v) is 8.53. The number of rotatable bonds is 10. The lowest BCUT2D eigenvalue weighted by atomic mass is 10.3. The topological polar surface area (TPSA) is 84.9 Å². The number of benzene rings is 1. The summed E-state index contributed by atoms with van der Waals surface area (Å²) in [5, 5.41) is 8.68. The number of sulfonamides is 1. The predicted molar refractivity (Wildman–Crippen MR) is 80.3 cm³/mol. The van der Waals surface area contributed by atoms with Crippen LogP contribution in [0.5, 0.6) is 11.5 Å². The summed E-state index contributed by atoms with van der Waals surface area (Å²) < 4.78 is 37.6. The third-order valence-electron chi connectivity index (χ3n) is 2.70. The van der Waals surface area contributed by atoms with E-state index in [0.717, 1.165) is 0 Å². The summed E-state index contributed by atoms with van der Waals surface area (Å²) >= 11 is 0. The van der Waals surface area contributed by atoms with E-state index in [-0.39, 0.29) is 11.5 Å². The van der Waals surface area contributed by atoms with Gasteiger partial charge in [-0.05, 0) is 38.8 Å². The van der Waals surface area contributed by atoms with Crippen LogP contribution < -0.4 is 14.2 Å². The van der Waals surface area contributed by atoms with Gasteiger partial charge in [0.2, 0.25) is 10.0 Å². The van der Waals surface area contributed by atoms with Gasteiger partial charge in [0, 0.05) is 19.2 Å². The monoisotopic (exact) mass is 317 g/mol. The second-order valence-electron chi connectivity index (χ2n) is 4.30. The number of unbranched alkanes of at least 4 members (excludes halogenated alkanes) is 1. The van der Waals surface area contributed by atoms with Gasteiger partial charge >= 0.3 is 0 Å². The molecule has 0 saturated carbocycles. The van der Waals surface area contributed by atoms with Crippen molar-refractivity contribution in [2.24, 2.45) is 0 Å². The molecule has 2 N–H and O–H groups in total. The van der Waals surface area contributed by atoms with Crippen molar-refractivity contribution in [3.63, 3.8) is 0 Å². The Hall–Kier alpha value is -1.31. The SMILES string of the molecule is CCOc1ccc(S(=O)(=O)NCCCCO)cc1OCC. The number of hydrogen-bond acceptors (Lipinski definition) is 5. The van der Waals surface area contributed by atoms with Crippen LogP contribution in [-0.4, -0.2) is 39.9 Å². The predicted octanol–water partition coefficient (Wildman–Crippen LogP) is 1.53. The van der Waals surface area contributed by atoms with Crippen LogP contribution in [0.4, 0.5) is 0 Å². The maximum atomic E-state index is 12.2. The average molecular weight is 317 g/mol. The summed E-state index contributed by atoms with van der Waals surface area (Å²) in [6.07, 6.45) is 1.15. The van der Waals surface area contributed by atoms with E-state index < -0.39 is 10.0 Å². The van der Waals surface area contributed by atoms with Crippen molar-refractivity contribution in [2.75, 3.05) is 26.4 Å². The van der Waals surface area contributed by atoms with Crippen LogP contribution in [0.1, 0.15) is 26.7 Å². The first kappa shape index (κ1) is 17.7. The molecule has 0 unspecified atom stereocenters. The Kier molecular flexibility index (Phi) is 7.49. The Morgan fingerprint density at radius 1 is 1.10 bits per heavy atom. The van der Waals surface area contributed by atoms with Gasteiger partial charge in [-0.15, -0.1) is 0 Å². The zero-order chi connectivity index (χ0) is 15.7. The first-order valence-electron chi connectivity index (χ1n) is 7.05. The first-order chi connectivity index (χ1) is 10.0. The third kappa shape index (κ3) is 5.53. The molecule has 6 nitrogen and oxygen atoms in total. The van der Waals surface area contributed by atoms with Crippen molar-refractivity contribution < 1.29 is 23.0 Å². The summed E-state index contributed by atoms with van der Waals surface area (Å²) in [5.74, 6) is 0.941. The molecule has 0 spiro atoms. The summed E-state index contributed by atoms with van der Waals surface area (Å²) in [6, 6.07) is 4.54. The summed E-state index contributed by atoms with van der Waals surface area (Å²) in [4.78, 5) is 0.137. The van der Waals surface area contributed by atoms with Crippen LogP contribution >= 0.6 is 0 Å². The second kappa shape index (κ2) is 8.86. The molecule has 0 heterocycles. The maximum absolute atomic E-state index is 12.2. The molecule has 0 aromatic heterocycles. The lowest BCUT2D eigenvalue weighted by Gasteiger charge is -2.13. The normalized spacial score (nSPS) is 11.4. The number of ether oxygens (including phenoxy) is 2. The molecule has 1 rings (SSSR count). The fraction of sp³-hybridized carbons (Fsp3) is 0.571. The van der Waals surface area contributed by atoms with Gasteiger partial charge in [-0.1, -0.05) is 0 Å². The van der Waals surface area contributed by atoms with Gasteiger partial charge in [0.15, 0.2) is 11.5 Å². The van der Waals surface area contributed by atoms with E-state index in [1.807, 2.05) is 13.8 Å². The molecule has 21 heavy (non-hydrogen) atoms. The molecule has 0 radical (unpaired) electrons. The van der Waals surface area contributed by atoms with Gasteiger partial charge in [0.1, 0.15) is 0 Å². The molecule has 120 valence electrons. The van der Waals surface area contributed by atoms with E-state index in [1.165, 1.54) is 12.1 Å². The van der Waals surface area contributed by atoms with E-state index >= 15 is 0 Å². The Morgan fingerprint density at radius 2 is 1.76 bits per heavy atom. The molecular weight excluding hydrogens is 294 g/mol. The van der Waals surface area contributed by atoms with Crippen LogP contribution in [0.15, 0.2) is 23.1 Å². The van der Waals surface area contributed by atoms with Gasteiger partial charge < -0.3 is 14.6 Å². The summed E-state index contributed by atoms with van der Waals surface area (Å²) in [5.41, 5.74) is 0. The molecule has 0 atom stereocenters. The number of hydrogen-bond donors (Lipinski definition) is 2. The highest BCUT2D eigenvalue weighted by Crippen LogP contribution is 2.30. The van der Waals surface area contributed by atoms with Crippen molar-refractivity contribution in [3.05, 3.63) is 18.2 Å². The van der Waals surface area contributed by atoms with Gasteiger partial charge in [-0.2, -0.15) is 0 Å². The molecule has 0 aliphatic heterocycles. The zero-order valence-electron chi connectivity index (χ0n) is 12.5. The van der Waals surface area contributed by atoms with Gasteiger partial charge in [0.25, 0.3) is 0 Å². The molecule has 0 bridgehead atoms. The molecule has 7 heteroatoms. The van der Waals surface area contributed by atoms with Crippen LogP contribution in [-0.2, 0) is 10.0 Å². The minimum Gasteiger partial charge on any atom is -0.490 e. The lowest BCUT2D eigenvalue weighted by molar-refractivity contribution is 0.285. The fourth-order valence-corrected chi connectivity index (χ4v) is 2.81.